The summed E-state index contributed by atoms with van der Waals surface area (Å²) in [6.07, 6.45) is 1.60. The van der Waals surface area contributed by atoms with Crippen LogP contribution in [-0.4, -0.2) is 45.3 Å². The zero-order valence-corrected chi connectivity index (χ0v) is 19.7. The number of hydrogen-bond donors (Lipinski definition) is 2. The molecule has 1 aliphatic heterocycles. The van der Waals surface area contributed by atoms with Crippen LogP contribution in [0.25, 0.3) is 11.1 Å². The highest BCUT2D eigenvalue weighted by Crippen LogP contribution is 2.50. The highest BCUT2D eigenvalue weighted by molar-refractivity contribution is 5.73. The summed E-state index contributed by atoms with van der Waals surface area (Å²) in [4.78, 5) is 16.2. The summed E-state index contributed by atoms with van der Waals surface area (Å²) in [7, 11) is 2.04. The van der Waals surface area contributed by atoms with Gasteiger partial charge in [0.25, 0.3) is 0 Å². The van der Waals surface area contributed by atoms with Crippen LogP contribution in [0.4, 0.5) is 0 Å². The maximum Gasteiger partial charge on any atom is 0.417 e. The summed E-state index contributed by atoms with van der Waals surface area (Å²) in [6.45, 7) is 7.85. The number of aromatic nitrogens is 3. The predicted octanol–water partition coefficient (Wildman–Crippen LogP) is 4.01. The third-order valence-electron chi connectivity index (χ3n) is 6.77. The van der Waals surface area contributed by atoms with Crippen LogP contribution < -0.4 is 10.5 Å². The van der Waals surface area contributed by atoms with E-state index in [4.69, 9.17) is 9.15 Å². The van der Waals surface area contributed by atoms with Crippen molar-refractivity contribution >= 4 is 11.1 Å². The van der Waals surface area contributed by atoms with Crippen molar-refractivity contribution in [2.75, 3.05) is 20.1 Å². The van der Waals surface area contributed by atoms with Crippen molar-refractivity contribution in [3.05, 3.63) is 82.0 Å². The molecule has 0 saturated carbocycles. The van der Waals surface area contributed by atoms with Gasteiger partial charge in [0.1, 0.15) is 11.4 Å². The molecule has 1 atom stereocenters. The van der Waals surface area contributed by atoms with E-state index in [1.54, 1.807) is 30.5 Å². The molecule has 1 fully saturated rings. The number of nitrogens with zero attached hydrogens (tertiary/aromatic N) is 3. The lowest BCUT2D eigenvalue weighted by molar-refractivity contribution is -0.127. The molecule has 2 aromatic heterocycles. The van der Waals surface area contributed by atoms with Crippen LogP contribution in [0, 0.1) is 5.41 Å². The highest BCUT2D eigenvalue weighted by Gasteiger charge is 2.55. The van der Waals surface area contributed by atoms with Crippen LogP contribution in [0.5, 0.6) is 11.6 Å². The summed E-state index contributed by atoms with van der Waals surface area (Å²) in [5.74, 6) is 0.558. The quantitative estimate of drug-likeness (QED) is 0.448. The van der Waals surface area contributed by atoms with Crippen LogP contribution in [0.3, 0.4) is 0 Å². The normalized spacial score (nSPS) is 17.5. The van der Waals surface area contributed by atoms with E-state index in [9.17, 15) is 9.90 Å². The molecular weight excluding hydrogens is 432 g/mol. The van der Waals surface area contributed by atoms with Gasteiger partial charge in [0, 0.05) is 36.2 Å². The number of ether oxygens (including phenoxy) is 1. The van der Waals surface area contributed by atoms with E-state index in [1.807, 2.05) is 19.2 Å². The average Bonchev–Trinajstić information content (AvgIpc) is 3.17. The lowest BCUT2D eigenvalue weighted by Crippen LogP contribution is -2.63. The van der Waals surface area contributed by atoms with Gasteiger partial charge in [0.15, 0.2) is 5.58 Å². The Kier molecular flexibility index (Phi) is 5.30. The molecule has 8 nitrogen and oxygen atoms in total. The molecule has 0 amide bonds. The molecule has 0 radical (unpaired) electrons. The first-order valence-corrected chi connectivity index (χ1v) is 11.3. The minimum absolute atomic E-state index is 0.239. The van der Waals surface area contributed by atoms with E-state index < -0.39 is 16.8 Å². The number of fused-ring (bicyclic) bond motifs is 1. The Labute approximate surface area is 197 Å². The lowest BCUT2D eigenvalue weighted by atomic mass is 9.62. The Bertz CT molecular complexity index is 1390. The molecule has 2 aromatic carbocycles. The maximum absolute atomic E-state index is 12.3. The third-order valence-corrected chi connectivity index (χ3v) is 6.77. The molecule has 2 N–H and O–H groups in total. The first-order chi connectivity index (χ1) is 16.2. The fraction of sp³-hybridized carbons (Fsp3) is 0.346. The molecule has 176 valence electrons. The van der Waals surface area contributed by atoms with Gasteiger partial charge in [-0.3, -0.25) is 4.98 Å². The minimum Gasteiger partial charge on any atom is -0.437 e. The van der Waals surface area contributed by atoms with Crippen molar-refractivity contribution < 1.29 is 14.3 Å². The Balaban J connectivity index is 1.54. The molecule has 5 rings (SSSR count). The monoisotopic (exact) mass is 460 g/mol. The Morgan fingerprint density at radius 1 is 1.15 bits per heavy atom. The van der Waals surface area contributed by atoms with Gasteiger partial charge in [0.2, 0.25) is 5.88 Å². The Morgan fingerprint density at radius 3 is 2.56 bits per heavy atom. The fourth-order valence-corrected chi connectivity index (χ4v) is 5.05. The van der Waals surface area contributed by atoms with E-state index in [0.29, 0.717) is 28.3 Å². The van der Waals surface area contributed by atoms with Crippen LogP contribution in [0.15, 0.2) is 63.9 Å². The standard InChI is InChI=1S/C26H28N4O4/c1-16(2)17-5-7-18(8-6-17)26(32,25(3)14-30(4)15-25)19-11-23(29-27-13-19)33-20-9-10-21-22(12-20)34-24(31)28-21/h5-13,16,32H,14-15H2,1-4H3,(H,28,31)/t26-/m0/s1. The number of hydrogen-bond acceptors (Lipinski definition) is 7. The topological polar surface area (TPSA) is 104 Å². The molecule has 1 saturated heterocycles. The van der Waals surface area contributed by atoms with Crippen molar-refractivity contribution in [1.82, 2.24) is 20.1 Å². The number of nitrogens with one attached hydrogen (secondary N) is 1. The smallest absolute Gasteiger partial charge is 0.417 e. The maximum atomic E-state index is 12.3. The minimum atomic E-state index is -1.29. The third kappa shape index (κ3) is 3.69. The molecule has 8 heteroatoms. The number of aromatic amines is 1. The van der Waals surface area contributed by atoms with Crippen molar-refractivity contribution in [2.24, 2.45) is 5.41 Å². The molecule has 4 aromatic rings. The first kappa shape index (κ1) is 22.3. The van der Waals surface area contributed by atoms with Gasteiger partial charge < -0.3 is 19.2 Å². The number of rotatable bonds is 6. The molecule has 0 unspecified atom stereocenters. The van der Waals surface area contributed by atoms with Crippen molar-refractivity contribution in [1.29, 1.82) is 0 Å². The molecule has 3 heterocycles. The summed E-state index contributed by atoms with van der Waals surface area (Å²) in [6, 6.07) is 14.9. The second-order valence-electron chi connectivity index (χ2n) is 9.78. The molecular formula is C26H28N4O4. The van der Waals surface area contributed by atoms with E-state index in [2.05, 4.69) is 53.0 Å². The zero-order valence-electron chi connectivity index (χ0n) is 19.7. The number of oxazole rings is 1. The van der Waals surface area contributed by atoms with Gasteiger partial charge in [-0.05, 0) is 36.2 Å². The van der Waals surface area contributed by atoms with Crippen molar-refractivity contribution in [2.45, 2.75) is 32.3 Å². The van der Waals surface area contributed by atoms with Crippen molar-refractivity contribution in [3.8, 4) is 11.6 Å². The highest BCUT2D eigenvalue weighted by atomic mass is 16.5. The molecule has 34 heavy (non-hydrogen) atoms. The van der Waals surface area contributed by atoms with Gasteiger partial charge in [-0.25, -0.2) is 4.79 Å². The Hall–Kier alpha value is -3.49. The van der Waals surface area contributed by atoms with Crippen LogP contribution >= 0.6 is 0 Å². The number of likely N-dealkylation sites (tertiary alicyclic amines) is 1. The van der Waals surface area contributed by atoms with Gasteiger partial charge in [-0.2, -0.15) is 5.10 Å². The molecule has 1 aliphatic rings. The summed E-state index contributed by atoms with van der Waals surface area (Å²) < 4.78 is 11.0. The van der Waals surface area contributed by atoms with Crippen LogP contribution in [0.2, 0.25) is 0 Å². The fourth-order valence-electron chi connectivity index (χ4n) is 5.05. The molecule has 0 aliphatic carbocycles. The van der Waals surface area contributed by atoms with Crippen molar-refractivity contribution in [3.63, 3.8) is 0 Å². The van der Waals surface area contributed by atoms with E-state index in [1.165, 1.54) is 5.56 Å². The summed E-state index contributed by atoms with van der Waals surface area (Å²) in [5.41, 5.74) is 1.89. The number of benzene rings is 2. The number of aliphatic hydroxyl groups is 1. The molecule has 0 bridgehead atoms. The summed E-state index contributed by atoms with van der Waals surface area (Å²) >= 11 is 0. The van der Waals surface area contributed by atoms with Gasteiger partial charge in [-0.15, -0.1) is 5.10 Å². The SMILES string of the molecule is CC(C)c1ccc([C@](O)(c2cnnc(Oc3ccc4[nH]c(=O)oc4c3)c2)C2(C)CN(C)C2)cc1. The largest absolute Gasteiger partial charge is 0.437 e. The average molecular weight is 461 g/mol. The van der Waals surface area contributed by atoms with E-state index in [-0.39, 0.29) is 5.88 Å². The van der Waals surface area contributed by atoms with Crippen LogP contribution in [-0.2, 0) is 5.60 Å². The Morgan fingerprint density at radius 2 is 1.88 bits per heavy atom. The van der Waals surface area contributed by atoms with Gasteiger partial charge in [0.05, 0.1) is 11.7 Å². The second kappa shape index (κ2) is 8.07. The second-order valence-corrected chi connectivity index (χ2v) is 9.78. The zero-order chi connectivity index (χ0) is 24.1. The first-order valence-electron chi connectivity index (χ1n) is 11.3. The number of H-pyrrole nitrogens is 1. The van der Waals surface area contributed by atoms with E-state index >= 15 is 0 Å². The lowest BCUT2D eigenvalue weighted by Gasteiger charge is -2.55. The van der Waals surface area contributed by atoms with Gasteiger partial charge >= 0.3 is 5.76 Å². The summed E-state index contributed by atoms with van der Waals surface area (Å²) in [5, 5.41) is 20.6. The van der Waals surface area contributed by atoms with Crippen LogP contribution in [0.1, 0.15) is 43.4 Å². The molecule has 0 spiro atoms. The predicted molar refractivity (Wildman–Crippen MR) is 128 cm³/mol. The van der Waals surface area contributed by atoms with E-state index in [0.717, 1.165) is 18.7 Å². The van der Waals surface area contributed by atoms with Gasteiger partial charge in [-0.1, -0.05) is 45.0 Å².